The van der Waals surface area contributed by atoms with Gasteiger partial charge in [0.2, 0.25) is 0 Å². The zero-order valence-corrected chi connectivity index (χ0v) is 15.7. The fourth-order valence-corrected chi connectivity index (χ4v) is 3.82. The van der Waals surface area contributed by atoms with Crippen molar-refractivity contribution in [2.45, 2.75) is 17.9 Å². The van der Waals surface area contributed by atoms with Crippen LogP contribution >= 0.6 is 0 Å². The predicted octanol–water partition coefficient (Wildman–Crippen LogP) is 2.26. The second kappa shape index (κ2) is 7.04. The fraction of sp³-hybridized carbons (Fsp3) is 0.167. The summed E-state index contributed by atoms with van der Waals surface area (Å²) in [5, 5.41) is 11.0. The number of sulfone groups is 1. The highest BCUT2D eigenvalue weighted by Crippen LogP contribution is 2.23. The zero-order valence-electron chi connectivity index (χ0n) is 14.9. The van der Waals surface area contributed by atoms with E-state index in [1.807, 2.05) is 0 Å². The topological polar surface area (TPSA) is 118 Å². The highest BCUT2D eigenvalue weighted by atomic mass is 32.2. The molecule has 0 aliphatic heterocycles. The minimum absolute atomic E-state index is 0.0644. The standard InChI is InChI=1S/C18H16FN3O5S/c1-10(20-18(24)25)16-21-12-7-5-9-14(28(2,26)27)15(12)17(23)22(16)13-8-4-3-6-11(13)19/h3-10,20H,1-2H3,(H,24,25). The largest absolute Gasteiger partial charge is 0.465 e. The van der Waals surface area contributed by atoms with Crippen molar-refractivity contribution in [1.29, 1.82) is 0 Å². The van der Waals surface area contributed by atoms with Crippen molar-refractivity contribution in [2.75, 3.05) is 6.26 Å². The number of hydrogen-bond donors (Lipinski definition) is 2. The average Bonchev–Trinajstić information content (AvgIpc) is 2.60. The number of para-hydroxylation sites is 1. The number of carbonyl (C=O) groups is 1. The summed E-state index contributed by atoms with van der Waals surface area (Å²) in [6, 6.07) is 8.54. The van der Waals surface area contributed by atoms with Gasteiger partial charge >= 0.3 is 6.09 Å². The number of amides is 1. The Labute approximate surface area is 159 Å². The van der Waals surface area contributed by atoms with Gasteiger partial charge in [0.05, 0.1) is 27.5 Å². The van der Waals surface area contributed by atoms with E-state index in [9.17, 15) is 22.4 Å². The van der Waals surface area contributed by atoms with Crippen LogP contribution in [0.3, 0.4) is 0 Å². The van der Waals surface area contributed by atoms with Gasteiger partial charge in [-0.1, -0.05) is 18.2 Å². The summed E-state index contributed by atoms with van der Waals surface area (Å²) in [7, 11) is -3.77. The lowest BCUT2D eigenvalue weighted by Gasteiger charge is -2.19. The van der Waals surface area contributed by atoms with E-state index in [0.717, 1.165) is 16.9 Å². The third-order valence-electron chi connectivity index (χ3n) is 4.11. The molecule has 0 spiro atoms. The summed E-state index contributed by atoms with van der Waals surface area (Å²) in [6.07, 6.45) is -0.399. The Kier molecular flexibility index (Phi) is 4.90. The van der Waals surface area contributed by atoms with Gasteiger partial charge < -0.3 is 10.4 Å². The fourth-order valence-electron chi connectivity index (χ4n) is 2.93. The number of benzene rings is 2. The molecule has 1 aromatic heterocycles. The second-order valence-corrected chi connectivity index (χ2v) is 8.14. The van der Waals surface area contributed by atoms with Crippen LogP contribution in [0.15, 0.2) is 52.2 Å². The Bertz CT molecular complexity index is 1250. The Hall–Kier alpha value is -3.27. The van der Waals surface area contributed by atoms with Crippen molar-refractivity contribution < 1.29 is 22.7 Å². The number of nitrogens with one attached hydrogen (secondary N) is 1. The van der Waals surface area contributed by atoms with E-state index in [-0.39, 0.29) is 27.3 Å². The van der Waals surface area contributed by atoms with Crippen LogP contribution in [0.1, 0.15) is 18.8 Å². The first kappa shape index (κ1) is 19.5. The van der Waals surface area contributed by atoms with Crippen LogP contribution in [0.4, 0.5) is 9.18 Å². The molecule has 1 atom stereocenters. The van der Waals surface area contributed by atoms with E-state index in [1.165, 1.54) is 43.3 Å². The van der Waals surface area contributed by atoms with E-state index >= 15 is 0 Å². The molecule has 0 saturated carbocycles. The molecule has 0 saturated heterocycles. The number of aromatic nitrogens is 2. The molecule has 0 aliphatic carbocycles. The minimum atomic E-state index is -3.77. The highest BCUT2D eigenvalue weighted by Gasteiger charge is 2.24. The molecular formula is C18H16FN3O5S. The molecule has 3 aromatic rings. The molecule has 1 unspecified atom stereocenters. The van der Waals surface area contributed by atoms with E-state index in [2.05, 4.69) is 10.3 Å². The summed E-state index contributed by atoms with van der Waals surface area (Å²) >= 11 is 0. The molecule has 0 fully saturated rings. The molecule has 0 bridgehead atoms. The quantitative estimate of drug-likeness (QED) is 0.687. The first-order valence-corrected chi connectivity index (χ1v) is 10.0. The van der Waals surface area contributed by atoms with Gasteiger partial charge in [-0.2, -0.15) is 0 Å². The lowest BCUT2D eigenvalue weighted by atomic mass is 10.2. The van der Waals surface area contributed by atoms with Crippen LogP contribution in [0, 0.1) is 5.82 Å². The molecule has 10 heteroatoms. The molecule has 3 rings (SSSR count). The molecule has 0 radical (unpaired) electrons. The maximum absolute atomic E-state index is 14.5. The monoisotopic (exact) mass is 405 g/mol. The summed E-state index contributed by atoms with van der Waals surface area (Å²) in [4.78, 5) is 28.4. The molecule has 146 valence electrons. The Morgan fingerprint density at radius 3 is 2.50 bits per heavy atom. The van der Waals surface area contributed by atoms with Crippen molar-refractivity contribution in [3.63, 3.8) is 0 Å². The first-order valence-electron chi connectivity index (χ1n) is 8.11. The highest BCUT2D eigenvalue weighted by molar-refractivity contribution is 7.91. The van der Waals surface area contributed by atoms with Crippen molar-refractivity contribution in [1.82, 2.24) is 14.9 Å². The number of carboxylic acid groups (broad SMARTS) is 1. The summed E-state index contributed by atoms with van der Waals surface area (Å²) in [5.74, 6) is -0.818. The van der Waals surface area contributed by atoms with Crippen LogP contribution < -0.4 is 10.9 Å². The summed E-state index contributed by atoms with van der Waals surface area (Å²) in [5.41, 5.74) is -0.918. The van der Waals surface area contributed by atoms with E-state index in [1.54, 1.807) is 0 Å². The smallest absolute Gasteiger partial charge is 0.405 e. The summed E-state index contributed by atoms with van der Waals surface area (Å²) in [6.45, 7) is 1.44. The van der Waals surface area contributed by atoms with Gasteiger partial charge in [0, 0.05) is 6.26 Å². The number of fused-ring (bicyclic) bond motifs is 1. The van der Waals surface area contributed by atoms with Crippen LogP contribution in [0.5, 0.6) is 0 Å². The SMILES string of the molecule is CC(NC(=O)O)c1nc2cccc(S(C)(=O)=O)c2c(=O)n1-c1ccccc1F. The molecule has 2 aromatic carbocycles. The van der Waals surface area contributed by atoms with Crippen molar-refractivity contribution in [3.8, 4) is 5.69 Å². The third-order valence-corrected chi connectivity index (χ3v) is 5.24. The Morgan fingerprint density at radius 1 is 1.21 bits per heavy atom. The number of hydrogen-bond acceptors (Lipinski definition) is 5. The molecule has 0 aliphatic rings. The molecular weight excluding hydrogens is 389 g/mol. The number of halogens is 1. The molecule has 8 nitrogen and oxygen atoms in total. The van der Waals surface area contributed by atoms with Crippen molar-refractivity contribution in [3.05, 3.63) is 64.5 Å². The zero-order chi connectivity index (χ0) is 20.6. The number of rotatable bonds is 4. The lowest BCUT2D eigenvalue weighted by Crippen LogP contribution is -2.33. The van der Waals surface area contributed by atoms with Gasteiger partial charge in [-0.3, -0.25) is 9.36 Å². The molecule has 28 heavy (non-hydrogen) atoms. The predicted molar refractivity (Wildman–Crippen MR) is 100.0 cm³/mol. The van der Waals surface area contributed by atoms with Crippen LogP contribution in [0.2, 0.25) is 0 Å². The number of nitrogens with zero attached hydrogens (tertiary/aromatic N) is 2. The normalized spacial score (nSPS) is 12.7. The van der Waals surface area contributed by atoms with Crippen LogP contribution in [-0.2, 0) is 9.84 Å². The molecule has 1 heterocycles. The lowest BCUT2D eigenvalue weighted by molar-refractivity contribution is 0.190. The van der Waals surface area contributed by atoms with E-state index in [4.69, 9.17) is 5.11 Å². The Morgan fingerprint density at radius 2 is 1.89 bits per heavy atom. The molecule has 2 N–H and O–H groups in total. The Balaban J connectivity index is 2.49. The maximum Gasteiger partial charge on any atom is 0.405 e. The van der Waals surface area contributed by atoms with E-state index < -0.39 is 33.3 Å². The van der Waals surface area contributed by atoms with Crippen LogP contribution in [0.25, 0.3) is 16.6 Å². The molecule has 1 amide bonds. The van der Waals surface area contributed by atoms with Gasteiger partial charge in [-0.05, 0) is 31.2 Å². The average molecular weight is 405 g/mol. The van der Waals surface area contributed by atoms with Gasteiger partial charge in [-0.25, -0.2) is 22.6 Å². The van der Waals surface area contributed by atoms with Gasteiger partial charge in [0.1, 0.15) is 11.6 Å². The summed E-state index contributed by atoms with van der Waals surface area (Å²) < 4.78 is 39.6. The van der Waals surface area contributed by atoms with E-state index in [0.29, 0.717) is 0 Å². The minimum Gasteiger partial charge on any atom is -0.465 e. The van der Waals surface area contributed by atoms with Crippen molar-refractivity contribution >= 4 is 26.8 Å². The van der Waals surface area contributed by atoms with Gasteiger partial charge in [0.25, 0.3) is 5.56 Å². The second-order valence-electron chi connectivity index (χ2n) is 6.16. The van der Waals surface area contributed by atoms with Crippen LogP contribution in [-0.4, -0.2) is 35.4 Å². The van der Waals surface area contributed by atoms with Gasteiger partial charge in [0.15, 0.2) is 9.84 Å². The third kappa shape index (κ3) is 3.46. The van der Waals surface area contributed by atoms with Crippen molar-refractivity contribution in [2.24, 2.45) is 0 Å². The first-order chi connectivity index (χ1) is 13.1. The maximum atomic E-state index is 14.5. The van der Waals surface area contributed by atoms with Gasteiger partial charge in [-0.15, -0.1) is 0 Å².